The monoisotopic (exact) mass is 464 g/mol. The Morgan fingerprint density at radius 1 is 1.18 bits per heavy atom. The number of hydrogen-bond acceptors (Lipinski definition) is 10. The highest BCUT2D eigenvalue weighted by Gasteiger charge is 2.24. The van der Waals surface area contributed by atoms with Crippen LogP contribution in [0, 0.1) is 0 Å². The second-order valence-electron chi connectivity index (χ2n) is 6.77. The van der Waals surface area contributed by atoms with Gasteiger partial charge in [-0.3, -0.25) is 4.79 Å². The summed E-state index contributed by atoms with van der Waals surface area (Å²) in [7, 11) is 0. The largest absolute Gasteiger partial charge is 0.508 e. The number of hydrazone groups is 1. The van der Waals surface area contributed by atoms with Crippen molar-refractivity contribution in [2.24, 2.45) is 5.10 Å². The van der Waals surface area contributed by atoms with Gasteiger partial charge in [0.1, 0.15) is 5.75 Å². The number of phenolic OH excluding ortho intramolecular Hbond substituents is 1. The molecule has 1 amide bonds. The number of rotatable bonds is 8. The van der Waals surface area contributed by atoms with Gasteiger partial charge in [0.15, 0.2) is 5.69 Å². The lowest BCUT2D eigenvalue weighted by Crippen LogP contribution is -2.22. The molecule has 2 heterocycles. The minimum Gasteiger partial charge on any atom is -0.508 e. The third-order valence-electron chi connectivity index (χ3n) is 4.62. The molecule has 0 aliphatic rings. The van der Waals surface area contributed by atoms with Crippen molar-refractivity contribution in [3.8, 4) is 11.6 Å². The molecule has 0 radical (unpaired) electrons. The number of hydrogen-bond donors (Lipinski definition) is 3. The Labute approximate surface area is 192 Å². The topological polar surface area (TPSA) is 157 Å². The average molecular weight is 465 g/mol. The molecule has 0 saturated carbocycles. The SMILES string of the molecule is CC/C(=N/NC(=O)c1nnn(-c2nonc2N)c1CSc1ccccc1)c1ccc(O)cc1. The Bertz CT molecular complexity index is 1270. The van der Waals surface area contributed by atoms with Gasteiger partial charge in [-0.15, -0.1) is 16.9 Å². The molecule has 33 heavy (non-hydrogen) atoms. The molecule has 0 spiro atoms. The predicted molar refractivity (Wildman–Crippen MR) is 122 cm³/mol. The molecule has 11 nitrogen and oxygen atoms in total. The molecule has 0 atom stereocenters. The van der Waals surface area contributed by atoms with Gasteiger partial charge >= 0.3 is 0 Å². The minimum atomic E-state index is -0.537. The molecule has 0 unspecified atom stereocenters. The van der Waals surface area contributed by atoms with Crippen molar-refractivity contribution >= 4 is 29.2 Å². The zero-order valence-electron chi connectivity index (χ0n) is 17.5. The van der Waals surface area contributed by atoms with Crippen molar-refractivity contribution in [3.05, 3.63) is 71.5 Å². The highest BCUT2D eigenvalue weighted by molar-refractivity contribution is 7.98. The van der Waals surface area contributed by atoms with E-state index >= 15 is 0 Å². The summed E-state index contributed by atoms with van der Waals surface area (Å²) < 4.78 is 6.01. The molecule has 0 fully saturated rings. The lowest BCUT2D eigenvalue weighted by atomic mass is 10.1. The van der Waals surface area contributed by atoms with E-state index in [0.717, 1.165) is 10.5 Å². The zero-order chi connectivity index (χ0) is 23.2. The summed E-state index contributed by atoms with van der Waals surface area (Å²) in [6, 6.07) is 16.3. The van der Waals surface area contributed by atoms with E-state index in [9.17, 15) is 9.90 Å². The predicted octanol–water partition coefficient (Wildman–Crippen LogP) is 2.77. The van der Waals surface area contributed by atoms with Crippen LogP contribution in [0.3, 0.4) is 0 Å². The summed E-state index contributed by atoms with van der Waals surface area (Å²) in [6.45, 7) is 1.91. The fourth-order valence-electron chi connectivity index (χ4n) is 2.96. The van der Waals surface area contributed by atoms with E-state index in [0.29, 0.717) is 23.6 Å². The molecule has 4 aromatic rings. The van der Waals surface area contributed by atoms with Crippen LogP contribution >= 0.6 is 11.8 Å². The van der Waals surface area contributed by atoms with Crippen LogP contribution in [0.1, 0.15) is 35.1 Å². The van der Waals surface area contributed by atoms with E-state index in [1.165, 1.54) is 16.4 Å². The number of nitrogen functional groups attached to an aromatic ring is 1. The van der Waals surface area contributed by atoms with Crippen molar-refractivity contribution in [1.82, 2.24) is 30.7 Å². The first-order chi connectivity index (χ1) is 16.1. The first-order valence-electron chi connectivity index (χ1n) is 9.94. The van der Waals surface area contributed by atoms with Crippen LogP contribution in [0.25, 0.3) is 5.82 Å². The molecule has 0 saturated heterocycles. The van der Waals surface area contributed by atoms with E-state index in [1.54, 1.807) is 24.3 Å². The number of amides is 1. The third-order valence-corrected chi connectivity index (χ3v) is 5.64. The van der Waals surface area contributed by atoms with E-state index in [-0.39, 0.29) is 23.1 Å². The molecule has 4 rings (SSSR count). The number of aromatic nitrogens is 5. The summed E-state index contributed by atoms with van der Waals surface area (Å²) in [5.74, 6) is 0.138. The molecular formula is C21H20N8O3S. The lowest BCUT2D eigenvalue weighted by Gasteiger charge is -2.07. The molecule has 0 aliphatic heterocycles. The van der Waals surface area contributed by atoms with Crippen LogP contribution in [0.4, 0.5) is 5.82 Å². The van der Waals surface area contributed by atoms with Crippen LogP contribution in [0.2, 0.25) is 0 Å². The molecule has 0 aliphatic carbocycles. The summed E-state index contributed by atoms with van der Waals surface area (Å²) in [4.78, 5) is 14.0. The standard InChI is InChI=1S/C21H20N8O3S/c1-2-16(13-8-10-14(30)11-9-13)23-25-21(31)18-17(12-33-15-6-4-3-5-7-15)29(28-24-18)20-19(22)26-32-27-20/h3-11,30H,2,12H2,1H3,(H2,22,26)(H,25,31)/b23-16-. The molecule has 2 aromatic carbocycles. The van der Waals surface area contributed by atoms with Gasteiger partial charge in [-0.05, 0) is 58.7 Å². The van der Waals surface area contributed by atoms with Crippen molar-refractivity contribution in [2.75, 3.05) is 5.73 Å². The van der Waals surface area contributed by atoms with Crippen molar-refractivity contribution in [1.29, 1.82) is 0 Å². The second kappa shape index (κ2) is 9.96. The molecule has 12 heteroatoms. The number of carbonyl (C=O) groups excluding carboxylic acids is 1. The maximum atomic E-state index is 13.0. The first kappa shape index (κ1) is 22.0. The van der Waals surface area contributed by atoms with Gasteiger partial charge in [0.2, 0.25) is 11.6 Å². The van der Waals surface area contributed by atoms with Gasteiger partial charge in [0.05, 0.1) is 11.4 Å². The number of nitrogens with one attached hydrogen (secondary N) is 1. The number of nitrogens with zero attached hydrogens (tertiary/aromatic N) is 6. The molecule has 2 aromatic heterocycles. The molecule has 0 bridgehead atoms. The van der Waals surface area contributed by atoms with Crippen molar-refractivity contribution in [2.45, 2.75) is 24.0 Å². The molecule has 4 N–H and O–H groups in total. The number of anilines is 1. The van der Waals surface area contributed by atoms with Crippen molar-refractivity contribution < 1.29 is 14.5 Å². The zero-order valence-corrected chi connectivity index (χ0v) is 18.4. The Kier molecular flexibility index (Phi) is 6.64. The number of benzene rings is 2. The number of carbonyl (C=O) groups is 1. The van der Waals surface area contributed by atoms with Crippen LogP contribution in [0.5, 0.6) is 5.75 Å². The Morgan fingerprint density at radius 3 is 2.61 bits per heavy atom. The smallest absolute Gasteiger partial charge is 0.293 e. The number of nitrogens with two attached hydrogens (primary N) is 1. The Hall–Kier alpha value is -4.19. The molecule has 168 valence electrons. The maximum absolute atomic E-state index is 13.0. The minimum absolute atomic E-state index is 0.0245. The van der Waals surface area contributed by atoms with Gasteiger partial charge in [-0.2, -0.15) is 9.78 Å². The lowest BCUT2D eigenvalue weighted by molar-refractivity contribution is 0.0949. The van der Waals surface area contributed by atoms with Crippen LogP contribution in [0.15, 0.2) is 69.2 Å². The number of thioether (sulfide) groups is 1. The quantitative estimate of drug-likeness (QED) is 0.202. The maximum Gasteiger partial charge on any atom is 0.293 e. The fourth-order valence-corrected chi connectivity index (χ4v) is 3.87. The van der Waals surface area contributed by atoms with Crippen LogP contribution in [-0.2, 0) is 5.75 Å². The van der Waals surface area contributed by atoms with E-state index in [4.69, 9.17) is 5.73 Å². The Balaban J connectivity index is 1.61. The van der Waals surface area contributed by atoms with E-state index in [1.807, 2.05) is 37.3 Å². The normalized spacial score (nSPS) is 11.5. The van der Waals surface area contributed by atoms with Gasteiger partial charge in [-0.25, -0.2) is 10.1 Å². The first-order valence-corrected chi connectivity index (χ1v) is 10.9. The summed E-state index contributed by atoms with van der Waals surface area (Å²) >= 11 is 1.49. The summed E-state index contributed by atoms with van der Waals surface area (Å²) in [5, 5.41) is 29.2. The highest BCUT2D eigenvalue weighted by Crippen LogP contribution is 2.26. The molecular weight excluding hydrogens is 444 g/mol. The van der Waals surface area contributed by atoms with Gasteiger partial charge in [0, 0.05) is 10.6 Å². The third kappa shape index (κ3) is 5.01. The second-order valence-corrected chi connectivity index (χ2v) is 7.82. The number of aromatic hydroxyl groups is 1. The summed E-state index contributed by atoms with van der Waals surface area (Å²) in [5.41, 5.74) is 10.3. The average Bonchev–Trinajstić information content (AvgIpc) is 3.45. The van der Waals surface area contributed by atoms with E-state index < -0.39 is 5.91 Å². The van der Waals surface area contributed by atoms with Gasteiger partial charge in [-0.1, -0.05) is 30.3 Å². The van der Waals surface area contributed by atoms with E-state index in [2.05, 4.69) is 35.8 Å². The number of phenols is 1. The van der Waals surface area contributed by atoms with Crippen LogP contribution in [-0.4, -0.2) is 42.0 Å². The van der Waals surface area contributed by atoms with Gasteiger partial charge < -0.3 is 10.8 Å². The fraction of sp³-hybridized carbons (Fsp3) is 0.143. The summed E-state index contributed by atoms with van der Waals surface area (Å²) in [6.07, 6.45) is 0.565. The van der Waals surface area contributed by atoms with Crippen molar-refractivity contribution in [3.63, 3.8) is 0 Å². The highest BCUT2D eigenvalue weighted by atomic mass is 32.2. The van der Waals surface area contributed by atoms with Gasteiger partial charge in [0.25, 0.3) is 5.91 Å². The Morgan fingerprint density at radius 2 is 1.94 bits per heavy atom. The van der Waals surface area contributed by atoms with Crippen LogP contribution < -0.4 is 11.2 Å².